The lowest BCUT2D eigenvalue weighted by Gasteiger charge is -2.18. The first-order valence-corrected chi connectivity index (χ1v) is 11.0. The van der Waals surface area contributed by atoms with Crippen molar-refractivity contribution in [3.05, 3.63) is 88.1 Å². The van der Waals surface area contributed by atoms with Crippen molar-refractivity contribution < 1.29 is 9.21 Å². The molecule has 4 rings (SSSR count). The Labute approximate surface area is 177 Å². The largest absolute Gasteiger partial charge is 0.411 e. The second-order valence-electron chi connectivity index (χ2n) is 6.45. The van der Waals surface area contributed by atoms with Crippen molar-refractivity contribution >= 4 is 29.0 Å². The summed E-state index contributed by atoms with van der Waals surface area (Å²) in [4.78, 5) is 13.7. The van der Waals surface area contributed by atoms with Gasteiger partial charge < -0.3 is 9.73 Å². The number of carbonyl (C=O) groups excluding carboxylic acids is 1. The Bertz CT molecular complexity index is 1060. The maximum atomic E-state index is 12.6. The predicted molar refractivity (Wildman–Crippen MR) is 116 cm³/mol. The summed E-state index contributed by atoms with van der Waals surface area (Å²) in [5.74, 6) is 0.558. The van der Waals surface area contributed by atoms with Crippen LogP contribution in [0.15, 0.2) is 81.8 Å². The normalized spacial score (nSPS) is 11.9. The van der Waals surface area contributed by atoms with Crippen molar-refractivity contribution in [3.8, 4) is 11.5 Å². The van der Waals surface area contributed by atoms with E-state index in [9.17, 15) is 4.79 Å². The number of nitrogens with zero attached hydrogens (tertiary/aromatic N) is 2. The number of aryl methyl sites for hydroxylation is 1. The molecule has 0 fully saturated rings. The lowest BCUT2D eigenvalue weighted by atomic mass is 10.0. The van der Waals surface area contributed by atoms with E-state index in [4.69, 9.17) is 4.42 Å². The zero-order valence-corrected chi connectivity index (χ0v) is 17.4. The minimum absolute atomic E-state index is 0.0894. The van der Waals surface area contributed by atoms with Crippen molar-refractivity contribution in [2.75, 3.05) is 5.75 Å². The van der Waals surface area contributed by atoms with Gasteiger partial charge in [0, 0.05) is 10.4 Å². The minimum atomic E-state index is -0.175. The van der Waals surface area contributed by atoms with Gasteiger partial charge in [-0.1, -0.05) is 65.9 Å². The average molecular weight is 422 g/mol. The predicted octanol–water partition coefficient (Wildman–Crippen LogP) is 5.10. The molecular weight excluding hydrogens is 402 g/mol. The van der Waals surface area contributed by atoms with Crippen molar-refractivity contribution in [2.45, 2.75) is 18.2 Å². The Morgan fingerprint density at radius 2 is 1.86 bits per heavy atom. The lowest BCUT2D eigenvalue weighted by Crippen LogP contribution is -2.30. The number of hydrogen-bond donors (Lipinski definition) is 1. The highest BCUT2D eigenvalue weighted by Gasteiger charge is 2.19. The fourth-order valence-electron chi connectivity index (χ4n) is 2.83. The van der Waals surface area contributed by atoms with Gasteiger partial charge in [0.2, 0.25) is 11.8 Å². The summed E-state index contributed by atoms with van der Waals surface area (Å²) in [7, 11) is 0. The summed E-state index contributed by atoms with van der Waals surface area (Å²) >= 11 is 2.86. The van der Waals surface area contributed by atoms with Gasteiger partial charge in [-0.3, -0.25) is 4.79 Å². The van der Waals surface area contributed by atoms with Gasteiger partial charge in [0.25, 0.3) is 5.22 Å². The van der Waals surface area contributed by atoms with Gasteiger partial charge >= 0.3 is 0 Å². The van der Waals surface area contributed by atoms with Crippen LogP contribution in [0.25, 0.3) is 11.5 Å². The van der Waals surface area contributed by atoms with Gasteiger partial charge in [0.15, 0.2) is 0 Å². The second-order valence-corrected chi connectivity index (χ2v) is 8.36. The van der Waals surface area contributed by atoms with E-state index >= 15 is 0 Å². The van der Waals surface area contributed by atoms with Gasteiger partial charge in [-0.05, 0) is 36.1 Å². The Morgan fingerprint density at radius 1 is 1.07 bits per heavy atom. The van der Waals surface area contributed by atoms with Gasteiger partial charge in [0.1, 0.15) is 0 Å². The van der Waals surface area contributed by atoms with Crippen molar-refractivity contribution in [2.24, 2.45) is 0 Å². The Morgan fingerprint density at radius 3 is 2.59 bits per heavy atom. The van der Waals surface area contributed by atoms with Gasteiger partial charge in [0.05, 0.1) is 11.8 Å². The maximum Gasteiger partial charge on any atom is 0.277 e. The smallest absolute Gasteiger partial charge is 0.277 e. The molecule has 1 amide bonds. The first kappa shape index (κ1) is 19.4. The molecule has 0 aliphatic carbocycles. The summed E-state index contributed by atoms with van der Waals surface area (Å²) in [6.07, 6.45) is 0. The number of carbonyl (C=O) groups is 1. The summed E-state index contributed by atoms with van der Waals surface area (Å²) in [5.41, 5.74) is 3.10. The van der Waals surface area contributed by atoms with Crippen LogP contribution < -0.4 is 5.32 Å². The quantitative estimate of drug-likeness (QED) is 0.420. The average Bonchev–Trinajstić information content (AvgIpc) is 3.44. The standard InChI is InChI=1S/C22H19N3O2S2/c1-15-9-11-16(12-10-15)20(18-8-5-13-28-18)23-19(26)14-29-22-25-24-21(27-22)17-6-3-2-4-7-17/h2-13,20H,14H2,1H3,(H,23,26). The zero-order chi connectivity index (χ0) is 20.1. The maximum absolute atomic E-state index is 12.6. The molecule has 0 aliphatic rings. The van der Waals surface area contributed by atoms with Crippen LogP contribution in [0.4, 0.5) is 0 Å². The molecule has 0 saturated carbocycles. The first-order valence-electron chi connectivity index (χ1n) is 9.10. The number of aromatic nitrogens is 2. The van der Waals surface area contributed by atoms with Crippen LogP contribution in [-0.2, 0) is 4.79 Å². The second kappa shape index (κ2) is 9.07. The Hall–Kier alpha value is -2.90. The number of amides is 1. The number of thioether (sulfide) groups is 1. The monoisotopic (exact) mass is 421 g/mol. The first-order chi connectivity index (χ1) is 14.2. The topological polar surface area (TPSA) is 68.0 Å². The van der Waals surface area contributed by atoms with Crippen molar-refractivity contribution in [3.63, 3.8) is 0 Å². The molecule has 0 bridgehead atoms. The van der Waals surface area contributed by atoms with Crippen LogP contribution in [0.5, 0.6) is 0 Å². The van der Waals surface area contributed by atoms with Crippen molar-refractivity contribution in [1.82, 2.24) is 15.5 Å². The number of rotatable bonds is 7. The fourth-order valence-corrected chi connectivity index (χ4v) is 4.21. The molecule has 0 saturated heterocycles. The third-order valence-corrected chi connectivity index (χ3v) is 6.05. The summed E-state index contributed by atoms with van der Waals surface area (Å²) < 4.78 is 5.66. The summed E-state index contributed by atoms with van der Waals surface area (Å²) in [5, 5.41) is 13.6. The number of nitrogens with one attached hydrogen (secondary N) is 1. The van der Waals surface area contributed by atoms with Crippen LogP contribution in [0.2, 0.25) is 0 Å². The van der Waals surface area contributed by atoms with E-state index in [0.29, 0.717) is 11.1 Å². The highest BCUT2D eigenvalue weighted by atomic mass is 32.2. The minimum Gasteiger partial charge on any atom is -0.411 e. The zero-order valence-electron chi connectivity index (χ0n) is 15.7. The molecule has 0 spiro atoms. The van der Waals surface area contributed by atoms with E-state index < -0.39 is 0 Å². The molecule has 7 heteroatoms. The summed E-state index contributed by atoms with van der Waals surface area (Å²) in [6, 6.07) is 21.6. The molecule has 2 heterocycles. The Kier molecular flexibility index (Phi) is 6.07. The third-order valence-electron chi connectivity index (χ3n) is 4.30. The van der Waals surface area contributed by atoms with E-state index in [-0.39, 0.29) is 17.7 Å². The van der Waals surface area contributed by atoms with Crippen molar-refractivity contribution in [1.29, 1.82) is 0 Å². The van der Waals surface area contributed by atoms with Gasteiger partial charge in [-0.2, -0.15) is 0 Å². The van der Waals surface area contributed by atoms with Crippen LogP contribution >= 0.6 is 23.1 Å². The molecule has 5 nitrogen and oxygen atoms in total. The number of thiophene rings is 1. The molecule has 2 aromatic carbocycles. The van der Waals surface area contributed by atoms with Crippen LogP contribution in [0, 0.1) is 6.92 Å². The molecule has 0 radical (unpaired) electrons. The van der Waals surface area contributed by atoms with Gasteiger partial charge in [-0.15, -0.1) is 21.5 Å². The van der Waals surface area contributed by atoms with E-state index in [1.807, 2.05) is 54.8 Å². The molecule has 29 heavy (non-hydrogen) atoms. The molecule has 1 unspecified atom stereocenters. The summed E-state index contributed by atoms with van der Waals surface area (Å²) in [6.45, 7) is 2.05. The molecular formula is C22H19N3O2S2. The fraction of sp³-hybridized carbons (Fsp3) is 0.136. The molecule has 146 valence electrons. The van der Waals surface area contributed by atoms with E-state index in [0.717, 1.165) is 16.0 Å². The highest BCUT2D eigenvalue weighted by Crippen LogP contribution is 2.27. The SMILES string of the molecule is Cc1ccc(C(NC(=O)CSc2nnc(-c3ccccc3)o2)c2cccs2)cc1. The van der Waals surface area contributed by atoms with Crippen LogP contribution in [-0.4, -0.2) is 21.9 Å². The molecule has 0 aliphatic heterocycles. The molecule has 1 atom stereocenters. The molecule has 1 N–H and O–H groups in total. The van der Waals surface area contributed by atoms with Crippen LogP contribution in [0.1, 0.15) is 22.0 Å². The van der Waals surface area contributed by atoms with E-state index in [1.54, 1.807) is 11.3 Å². The third kappa shape index (κ3) is 4.93. The Balaban J connectivity index is 1.41. The lowest BCUT2D eigenvalue weighted by molar-refractivity contribution is -0.119. The van der Waals surface area contributed by atoms with Crippen LogP contribution in [0.3, 0.4) is 0 Å². The molecule has 4 aromatic rings. The molecule has 2 aromatic heterocycles. The van der Waals surface area contributed by atoms with E-state index in [2.05, 4.69) is 39.8 Å². The van der Waals surface area contributed by atoms with Gasteiger partial charge in [-0.25, -0.2) is 0 Å². The number of hydrogen-bond acceptors (Lipinski definition) is 6. The highest BCUT2D eigenvalue weighted by molar-refractivity contribution is 7.99. The number of benzene rings is 2. The van der Waals surface area contributed by atoms with E-state index in [1.165, 1.54) is 17.3 Å².